The number of aromatic nitrogens is 2. The van der Waals surface area contributed by atoms with Crippen molar-refractivity contribution in [1.82, 2.24) is 9.55 Å². The molecule has 2 N–H and O–H groups in total. The van der Waals surface area contributed by atoms with Gasteiger partial charge in [-0.3, -0.25) is 19.1 Å². The Labute approximate surface area is 141 Å². The van der Waals surface area contributed by atoms with Crippen LogP contribution in [0.2, 0.25) is 0 Å². The Hall–Kier alpha value is -3.22. The van der Waals surface area contributed by atoms with E-state index in [1.807, 2.05) is 0 Å². The lowest BCUT2D eigenvalue weighted by molar-refractivity contribution is -0.116. The van der Waals surface area contributed by atoms with Crippen LogP contribution in [0.4, 0.5) is 10.1 Å². The summed E-state index contributed by atoms with van der Waals surface area (Å²) in [7, 11) is 0. The average Bonchev–Trinajstić information content (AvgIpc) is 2.57. The number of carbonyl (C=O) groups is 1. The van der Waals surface area contributed by atoms with E-state index in [1.54, 1.807) is 37.3 Å². The first-order chi connectivity index (χ1) is 12.0. The van der Waals surface area contributed by atoms with Crippen LogP contribution in [0.25, 0.3) is 10.9 Å². The highest BCUT2D eigenvalue weighted by Crippen LogP contribution is 2.15. The van der Waals surface area contributed by atoms with Crippen LogP contribution in [-0.4, -0.2) is 15.5 Å². The third-order valence-corrected chi connectivity index (χ3v) is 3.87. The lowest BCUT2D eigenvalue weighted by Crippen LogP contribution is -2.31. The first-order valence-electron chi connectivity index (χ1n) is 7.73. The van der Waals surface area contributed by atoms with Gasteiger partial charge in [0.05, 0.1) is 16.6 Å². The number of rotatable bonds is 4. The van der Waals surface area contributed by atoms with Gasteiger partial charge < -0.3 is 5.32 Å². The highest BCUT2D eigenvalue weighted by Gasteiger charge is 2.10. The van der Waals surface area contributed by atoms with Gasteiger partial charge in [0.1, 0.15) is 5.82 Å². The molecule has 0 saturated heterocycles. The third-order valence-electron chi connectivity index (χ3n) is 3.87. The first-order valence-corrected chi connectivity index (χ1v) is 7.73. The lowest BCUT2D eigenvalue weighted by atomic mass is 10.2. The molecule has 6 nitrogen and oxygen atoms in total. The van der Waals surface area contributed by atoms with E-state index in [2.05, 4.69) is 10.3 Å². The van der Waals surface area contributed by atoms with Crippen molar-refractivity contribution in [2.24, 2.45) is 0 Å². The van der Waals surface area contributed by atoms with Crippen LogP contribution < -0.4 is 16.6 Å². The molecule has 2 aromatic carbocycles. The number of anilines is 1. The monoisotopic (exact) mass is 341 g/mol. The van der Waals surface area contributed by atoms with Crippen LogP contribution in [0.1, 0.15) is 12.0 Å². The largest absolute Gasteiger partial charge is 0.328 e. The van der Waals surface area contributed by atoms with Crippen LogP contribution in [0.15, 0.2) is 52.1 Å². The zero-order valence-corrected chi connectivity index (χ0v) is 13.5. The number of para-hydroxylation sites is 1. The van der Waals surface area contributed by atoms with Crippen molar-refractivity contribution in [2.75, 3.05) is 5.32 Å². The molecular weight excluding hydrogens is 325 g/mol. The molecule has 0 radical (unpaired) electrons. The molecule has 0 fully saturated rings. The van der Waals surface area contributed by atoms with Crippen LogP contribution in [0, 0.1) is 12.7 Å². The van der Waals surface area contributed by atoms with Gasteiger partial charge in [0, 0.05) is 13.0 Å². The smallest absolute Gasteiger partial charge is 0.324 e. The Balaban J connectivity index is 1.80. The maximum atomic E-state index is 13.8. The molecule has 3 rings (SSSR count). The number of carbonyl (C=O) groups excluding carboxylic acids is 1. The van der Waals surface area contributed by atoms with Crippen molar-refractivity contribution in [2.45, 2.75) is 19.9 Å². The van der Waals surface area contributed by atoms with Gasteiger partial charge in [-0.1, -0.05) is 18.2 Å². The van der Waals surface area contributed by atoms with E-state index in [9.17, 15) is 18.8 Å². The zero-order valence-electron chi connectivity index (χ0n) is 13.5. The Bertz CT molecular complexity index is 1070. The van der Waals surface area contributed by atoms with Gasteiger partial charge >= 0.3 is 5.69 Å². The standard InChI is InChI=1S/C18H16FN3O3/c1-11-6-7-14(13(19)10-11)20-16(23)8-9-22-15-5-3-2-4-12(15)17(24)21-18(22)25/h2-7,10H,8-9H2,1H3,(H,20,23)(H,21,24,25). The molecule has 0 aliphatic carbocycles. The Kier molecular flexibility index (Phi) is 4.47. The Morgan fingerprint density at radius 1 is 1.20 bits per heavy atom. The van der Waals surface area contributed by atoms with Gasteiger partial charge in [-0.15, -0.1) is 0 Å². The van der Waals surface area contributed by atoms with Crippen molar-refractivity contribution in [3.63, 3.8) is 0 Å². The van der Waals surface area contributed by atoms with Gasteiger partial charge in [-0.05, 0) is 36.8 Å². The summed E-state index contributed by atoms with van der Waals surface area (Å²) in [4.78, 5) is 38.1. The predicted molar refractivity (Wildman–Crippen MR) is 93.2 cm³/mol. The molecular formula is C18H16FN3O3. The summed E-state index contributed by atoms with van der Waals surface area (Å²) in [6, 6.07) is 11.2. The SMILES string of the molecule is Cc1ccc(NC(=O)CCn2c(=O)[nH]c(=O)c3ccccc32)c(F)c1. The summed E-state index contributed by atoms with van der Waals surface area (Å²) < 4.78 is 15.1. The van der Waals surface area contributed by atoms with E-state index in [1.165, 1.54) is 16.7 Å². The van der Waals surface area contributed by atoms with Crippen LogP contribution >= 0.6 is 0 Å². The normalized spacial score (nSPS) is 10.8. The molecule has 1 amide bonds. The van der Waals surface area contributed by atoms with Gasteiger partial charge in [0.25, 0.3) is 5.56 Å². The molecule has 25 heavy (non-hydrogen) atoms. The second-order valence-corrected chi connectivity index (χ2v) is 5.71. The fourth-order valence-electron chi connectivity index (χ4n) is 2.61. The second kappa shape index (κ2) is 6.72. The maximum absolute atomic E-state index is 13.8. The number of aromatic amines is 1. The summed E-state index contributed by atoms with van der Waals surface area (Å²) in [6.07, 6.45) is -0.0384. The Morgan fingerprint density at radius 2 is 1.96 bits per heavy atom. The first kappa shape index (κ1) is 16.6. The van der Waals surface area contributed by atoms with Crippen LogP contribution in [-0.2, 0) is 11.3 Å². The molecule has 1 heterocycles. The van der Waals surface area contributed by atoms with E-state index < -0.39 is 23.0 Å². The molecule has 0 atom stereocenters. The van der Waals surface area contributed by atoms with Crippen molar-refractivity contribution in [1.29, 1.82) is 0 Å². The number of nitrogens with one attached hydrogen (secondary N) is 2. The summed E-state index contributed by atoms with van der Waals surface area (Å²) >= 11 is 0. The van der Waals surface area contributed by atoms with Gasteiger partial charge in [-0.25, -0.2) is 9.18 Å². The van der Waals surface area contributed by atoms with Crippen molar-refractivity contribution in [3.8, 4) is 0 Å². The van der Waals surface area contributed by atoms with Crippen molar-refractivity contribution < 1.29 is 9.18 Å². The van der Waals surface area contributed by atoms with Crippen LogP contribution in [0.5, 0.6) is 0 Å². The number of halogens is 1. The number of amides is 1. The third kappa shape index (κ3) is 3.50. The molecule has 3 aromatic rings. The molecule has 0 saturated carbocycles. The predicted octanol–water partition coefficient (Wildman–Crippen LogP) is 2.17. The average molecular weight is 341 g/mol. The number of fused-ring (bicyclic) bond motifs is 1. The van der Waals surface area contributed by atoms with E-state index in [4.69, 9.17) is 0 Å². The molecule has 0 spiro atoms. The van der Waals surface area contributed by atoms with Gasteiger partial charge in [0.2, 0.25) is 5.91 Å². The van der Waals surface area contributed by atoms with E-state index in [-0.39, 0.29) is 18.7 Å². The molecule has 0 aliphatic heterocycles. The Morgan fingerprint density at radius 3 is 2.72 bits per heavy atom. The number of benzene rings is 2. The maximum Gasteiger partial charge on any atom is 0.328 e. The number of nitrogens with zero attached hydrogens (tertiary/aromatic N) is 1. The highest BCUT2D eigenvalue weighted by atomic mass is 19.1. The molecule has 128 valence electrons. The number of H-pyrrole nitrogens is 1. The van der Waals surface area contributed by atoms with E-state index in [0.717, 1.165) is 5.56 Å². The fourth-order valence-corrected chi connectivity index (χ4v) is 2.61. The van der Waals surface area contributed by atoms with E-state index >= 15 is 0 Å². The molecule has 7 heteroatoms. The molecule has 0 unspecified atom stereocenters. The summed E-state index contributed by atoms with van der Waals surface area (Å²) in [6.45, 7) is 1.82. The fraction of sp³-hybridized carbons (Fsp3) is 0.167. The zero-order chi connectivity index (χ0) is 18.0. The summed E-state index contributed by atoms with van der Waals surface area (Å²) in [5.41, 5.74) is 0.239. The molecule has 0 aliphatic rings. The number of hydrogen-bond donors (Lipinski definition) is 2. The van der Waals surface area contributed by atoms with Crippen molar-refractivity contribution >= 4 is 22.5 Å². The quantitative estimate of drug-likeness (QED) is 0.763. The van der Waals surface area contributed by atoms with Crippen LogP contribution in [0.3, 0.4) is 0 Å². The minimum absolute atomic E-state index is 0.0384. The summed E-state index contributed by atoms with van der Waals surface area (Å²) in [5.74, 6) is -0.940. The van der Waals surface area contributed by atoms with E-state index in [0.29, 0.717) is 10.9 Å². The highest BCUT2D eigenvalue weighted by molar-refractivity contribution is 5.91. The summed E-state index contributed by atoms with van der Waals surface area (Å²) in [5, 5.41) is 2.85. The lowest BCUT2D eigenvalue weighted by Gasteiger charge is -2.10. The number of hydrogen-bond acceptors (Lipinski definition) is 3. The second-order valence-electron chi connectivity index (χ2n) is 5.71. The minimum atomic E-state index is -0.585. The topological polar surface area (TPSA) is 84.0 Å². The van der Waals surface area contributed by atoms with Gasteiger partial charge in [0.15, 0.2) is 0 Å². The molecule has 1 aromatic heterocycles. The van der Waals surface area contributed by atoms with Crippen molar-refractivity contribution in [3.05, 3.63) is 74.7 Å². The molecule has 0 bridgehead atoms. The number of aryl methyl sites for hydroxylation is 2. The van der Waals surface area contributed by atoms with Gasteiger partial charge in [-0.2, -0.15) is 0 Å². The minimum Gasteiger partial charge on any atom is -0.324 e.